The summed E-state index contributed by atoms with van der Waals surface area (Å²) < 4.78 is 0. The number of nitrogen functional groups attached to an aromatic ring is 2. The Morgan fingerprint density at radius 3 is 2.88 bits per heavy atom. The normalized spacial score (nSPS) is 20.2. The van der Waals surface area contributed by atoms with Crippen molar-refractivity contribution in [2.24, 2.45) is 5.92 Å². The fourth-order valence-electron chi connectivity index (χ4n) is 2.04. The molecule has 2 rings (SSSR count). The standard InChI is InChI=1S/C11H16N4O2/c12-8-3-4-9(14-10(8)13)15-5-1-2-7(6-15)11(16)17/h3-4,7H,1-2,5-6,12H2,(H2,13,14)(H,16,17)/t7-/m1/s1. The van der Waals surface area contributed by atoms with Crippen molar-refractivity contribution in [3.05, 3.63) is 12.1 Å². The molecule has 1 saturated heterocycles. The lowest BCUT2D eigenvalue weighted by molar-refractivity contribution is -0.141. The lowest BCUT2D eigenvalue weighted by Gasteiger charge is -2.31. The van der Waals surface area contributed by atoms with Gasteiger partial charge in [0.15, 0.2) is 0 Å². The van der Waals surface area contributed by atoms with E-state index in [2.05, 4.69) is 4.98 Å². The zero-order chi connectivity index (χ0) is 12.4. The summed E-state index contributed by atoms with van der Waals surface area (Å²) in [4.78, 5) is 17.1. The lowest BCUT2D eigenvalue weighted by atomic mass is 9.98. The predicted octanol–water partition coefficient (Wildman–Crippen LogP) is 0.547. The third-order valence-electron chi connectivity index (χ3n) is 3.04. The van der Waals surface area contributed by atoms with Crippen LogP contribution in [0.5, 0.6) is 0 Å². The van der Waals surface area contributed by atoms with Gasteiger partial charge in [0.2, 0.25) is 0 Å². The van der Waals surface area contributed by atoms with Crippen LogP contribution in [0.1, 0.15) is 12.8 Å². The highest BCUT2D eigenvalue weighted by Crippen LogP contribution is 2.24. The van der Waals surface area contributed by atoms with Crippen molar-refractivity contribution in [1.29, 1.82) is 0 Å². The molecule has 0 saturated carbocycles. The second-order valence-electron chi connectivity index (χ2n) is 4.27. The molecule has 6 heteroatoms. The summed E-state index contributed by atoms with van der Waals surface area (Å²) in [5.74, 6) is -0.0926. The molecule has 0 radical (unpaired) electrons. The Hall–Kier alpha value is -1.98. The van der Waals surface area contributed by atoms with Crippen molar-refractivity contribution < 1.29 is 9.90 Å². The van der Waals surface area contributed by atoms with Crippen LogP contribution < -0.4 is 16.4 Å². The van der Waals surface area contributed by atoms with E-state index in [1.165, 1.54) is 0 Å². The highest BCUT2D eigenvalue weighted by atomic mass is 16.4. The second kappa shape index (κ2) is 4.48. The van der Waals surface area contributed by atoms with Gasteiger partial charge in [0.05, 0.1) is 11.6 Å². The number of carboxylic acids is 1. The molecule has 92 valence electrons. The van der Waals surface area contributed by atoms with Crippen LogP contribution in [-0.4, -0.2) is 29.1 Å². The topological polar surface area (TPSA) is 105 Å². The molecule has 5 N–H and O–H groups in total. The minimum absolute atomic E-state index is 0.292. The Kier molecular flexibility index (Phi) is 3.03. The Morgan fingerprint density at radius 2 is 2.24 bits per heavy atom. The first kappa shape index (κ1) is 11.5. The molecule has 0 aliphatic carbocycles. The molecule has 1 aromatic rings. The summed E-state index contributed by atoms with van der Waals surface area (Å²) in [5, 5.41) is 9.01. The summed E-state index contributed by atoms with van der Waals surface area (Å²) in [6.45, 7) is 1.28. The van der Waals surface area contributed by atoms with Crippen LogP contribution in [0.4, 0.5) is 17.3 Å². The van der Waals surface area contributed by atoms with E-state index in [0.717, 1.165) is 19.4 Å². The highest BCUT2D eigenvalue weighted by Gasteiger charge is 2.26. The maximum absolute atomic E-state index is 11.0. The summed E-state index contributed by atoms with van der Waals surface area (Å²) in [7, 11) is 0. The summed E-state index contributed by atoms with van der Waals surface area (Å²) >= 11 is 0. The molecule has 1 aliphatic heterocycles. The van der Waals surface area contributed by atoms with Gasteiger partial charge in [-0.2, -0.15) is 0 Å². The Labute approximate surface area is 99.2 Å². The van der Waals surface area contributed by atoms with Gasteiger partial charge in [0.25, 0.3) is 0 Å². The number of aliphatic carboxylic acids is 1. The average Bonchev–Trinajstić information content (AvgIpc) is 2.33. The van der Waals surface area contributed by atoms with Crippen LogP contribution in [0.15, 0.2) is 12.1 Å². The van der Waals surface area contributed by atoms with Gasteiger partial charge >= 0.3 is 5.97 Å². The SMILES string of the molecule is Nc1ccc(N2CCC[C@@H](C(=O)O)C2)nc1N. The monoisotopic (exact) mass is 236 g/mol. The number of anilines is 3. The maximum Gasteiger partial charge on any atom is 0.308 e. The molecule has 0 spiro atoms. The molecule has 0 aromatic carbocycles. The van der Waals surface area contributed by atoms with Gasteiger partial charge in [-0.05, 0) is 25.0 Å². The van der Waals surface area contributed by atoms with Gasteiger partial charge < -0.3 is 21.5 Å². The summed E-state index contributed by atoms with van der Waals surface area (Å²) in [6.07, 6.45) is 1.57. The number of carboxylic acid groups (broad SMARTS) is 1. The van der Waals surface area contributed by atoms with E-state index in [4.69, 9.17) is 16.6 Å². The minimum atomic E-state index is -0.752. The van der Waals surface area contributed by atoms with Crippen LogP contribution >= 0.6 is 0 Å². The van der Waals surface area contributed by atoms with E-state index in [9.17, 15) is 4.79 Å². The molecular weight excluding hydrogens is 220 g/mol. The van der Waals surface area contributed by atoms with E-state index >= 15 is 0 Å². The Morgan fingerprint density at radius 1 is 1.47 bits per heavy atom. The third-order valence-corrected chi connectivity index (χ3v) is 3.04. The fraction of sp³-hybridized carbons (Fsp3) is 0.455. The van der Waals surface area contributed by atoms with Crippen molar-refractivity contribution in [1.82, 2.24) is 4.98 Å². The highest BCUT2D eigenvalue weighted by molar-refractivity contribution is 5.71. The van der Waals surface area contributed by atoms with Crippen molar-refractivity contribution in [2.75, 3.05) is 29.5 Å². The minimum Gasteiger partial charge on any atom is -0.481 e. The van der Waals surface area contributed by atoms with Crippen LogP contribution in [-0.2, 0) is 4.79 Å². The number of nitrogens with two attached hydrogens (primary N) is 2. The van der Waals surface area contributed by atoms with Gasteiger partial charge in [-0.3, -0.25) is 4.79 Å². The maximum atomic E-state index is 11.0. The number of aromatic nitrogens is 1. The van der Waals surface area contributed by atoms with Crippen LogP contribution in [0.2, 0.25) is 0 Å². The Bertz CT molecular complexity index is 435. The molecule has 2 heterocycles. The van der Waals surface area contributed by atoms with Gasteiger partial charge in [-0.25, -0.2) is 4.98 Å². The molecule has 1 aliphatic rings. The predicted molar refractivity (Wildman–Crippen MR) is 65.6 cm³/mol. The fourth-order valence-corrected chi connectivity index (χ4v) is 2.04. The number of hydrogen-bond acceptors (Lipinski definition) is 5. The first-order valence-corrected chi connectivity index (χ1v) is 5.57. The second-order valence-corrected chi connectivity index (χ2v) is 4.27. The number of pyridine rings is 1. The van der Waals surface area contributed by atoms with Crippen LogP contribution in [0.25, 0.3) is 0 Å². The van der Waals surface area contributed by atoms with Gasteiger partial charge in [-0.1, -0.05) is 0 Å². The first-order valence-electron chi connectivity index (χ1n) is 5.57. The van der Waals surface area contributed by atoms with E-state index in [-0.39, 0.29) is 5.92 Å². The van der Waals surface area contributed by atoms with E-state index < -0.39 is 5.97 Å². The van der Waals surface area contributed by atoms with Crippen molar-refractivity contribution in [2.45, 2.75) is 12.8 Å². The smallest absolute Gasteiger partial charge is 0.308 e. The average molecular weight is 236 g/mol. The van der Waals surface area contributed by atoms with Crippen molar-refractivity contribution in [3.8, 4) is 0 Å². The quantitative estimate of drug-likeness (QED) is 0.692. The molecule has 0 amide bonds. The number of carbonyl (C=O) groups is 1. The molecule has 1 fully saturated rings. The molecule has 0 bridgehead atoms. The Balaban J connectivity index is 2.16. The zero-order valence-corrected chi connectivity index (χ0v) is 9.47. The van der Waals surface area contributed by atoms with Crippen molar-refractivity contribution in [3.63, 3.8) is 0 Å². The first-order chi connectivity index (χ1) is 8.08. The number of nitrogens with zero attached hydrogens (tertiary/aromatic N) is 2. The number of rotatable bonds is 2. The number of hydrogen-bond donors (Lipinski definition) is 3. The van der Waals surface area contributed by atoms with Crippen molar-refractivity contribution >= 4 is 23.3 Å². The molecule has 1 atom stereocenters. The van der Waals surface area contributed by atoms with E-state index in [1.807, 2.05) is 4.90 Å². The molecule has 0 unspecified atom stereocenters. The molecule has 6 nitrogen and oxygen atoms in total. The summed E-state index contributed by atoms with van der Waals surface area (Å²) in [6, 6.07) is 3.47. The molecule has 1 aromatic heterocycles. The van der Waals surface area contributed by atoms with Crippen LogP contribution in [0.3, 0.4) is 0 Å². The van der Waals surface area contributed by atoms with Gasteiger partial charge in [0.1, 0.15) is 11.6 Å². The van der Waals surface area contributed by atoms with Gasteiger partial charge in [-0.15, -0.1) is 0 Å². The summed E-state index contributed by atoms with van der Waals surface area (Å²) in [5.41, 5.74) is 11.7. The van der Waals surface area contributed by atoms with Gasteiger partial charge in [0, 0.05) is 13.1 Å². The van der Waals surface area contributed by atoms with E-state index in [0.29, 0.717) is 23.9 Å². The lowest BCUT2D eigenvalue weighted by Crippen LogP contribution is -2.39. The third kappa shape index (κ3) is 2.41. The zero-order valence-electron chi connectivity index (χ0n) is 9.47. The molecule has 17 heavy (non-hydrogen) atoms. The number of piperidine rings is 1. The molecular formula is C11H16N4O2. The van der Waals surface area contributed by atoms with E-state index in [1.54, 1.807) is 12.1 Å². The van der Waals surface area contributed by atoms with Crippen LogP contribution in [0, 0.1) is 5.92 Å². The largest absolute Gasteiger partial charge is 0.481 e.